The molecule has 0 fully saturated rings. The van der Waals surface area contributed by atoms with Crippen LogP contribution in [0.4, 0.5) is 5.69 Å². The molecule has 0 saturated heterocycles. The molecule has 0 aliphatic heterocycles. The molecule has 1 rings (SSSR count). The first-order valence-electron chi connectivity index (χ1n) is 5.36. The molecular weight excluding hydrogens is 204 g/mol. The average Bonchev–Trinajstić information content (AvgIpc) is 2.22. The average molecular weight is 222 g/mol. The normalized spacial score (nSPS) is 10.1. The van der Waals surface area contributed by atoms with Crippen molar-refractivity contribution in [1.29, 1.82) is 0 Å². The minimum atomic E-state index is -0.116. The van der Waals surface area contributed by atoms with E-state index < -0.39 is 0 Å². The number of ether oxygens (including phenoxy) is 1. The molecule has 1 aromatic carbocycles. The second-order valence-corrected chi connectivity index (χ2v) is 3.59. The molecule has 0 heterocycles. The van der Waals surface area contributed by atoms with E-state index in [1.165, 1.54) is 0 Å². The third-order valence-electron chi connectivity index (χ3n) is 2.10. The lowest BCUT2D eigenvalue weighted by atomic mass is 10.1. The van der Waals surface area contributed by atoms with Gasteiger partial charge in [0.2, 0.25) is 0 Å². The topological polar surface area (TPSA) is 64.3 Å². The minimum absolute atomic E-state index is 0.116. The largest absolute Gasteiger partial charge is 0.399 e. The fraction of sp³-hybridized carbons (Fsp3) is 0.417. The van der Waals surface area contributed by atoms with Crippen molar-refractivity contribution in [1.82, 2.24) is 5.32 Å². The van der Waals surface area contributed by atoms with E-state index in [0.29, 0.717) is 31.0 Å². The molecule has 4 heteroatoms. The van der Waals surface area contributed by atoms with Crippen molar-refractivity contribution in [2.45, 2.75) is 13.8 Å². The van der Waals surface area contributed by atoms with Gasteiger partial charge in [-0.2, -0.15) is 0 Å². The van der Waals surface area contributed by atoms with Gasteiger partial charge in [-0.1, -0.05) is 0 Å². The third-order valence-corrected chi connectivity index (χ3v) is 2.10. The highest BCUT2D eigenvalue weighted by Gasteiger charge is 2.05. The van der Waals surface area contributed by atoms with Crippen LogP contribution in [0.5, 0.6) is 0 Å². The van der Waals surface area contributed by atoms with Crippen LogP contribution >= 0.6 is 0 Å². The van der Waals surface area contributed by atoms with E-state index in [1.807, 2.05) is 26.0 Å². The van der Waals surface area contributed by atoms with Crippen LogP contribution in [0.2, 0.25) is 0 Å². The molecule has 0 atom stereocenters. The van der Waals surface area contributed by atoms with Gasteiger partial charge in [0.05, 0.1) is 6.61 Å². The Morgan fingerprint density at radius 3 is 2.81 bits per heavy atom. The predicted octanol–water partition coefficient (Wildman–Crippen LogP) is 1.34. The van der Waals surface area contributed by atoms with E-state index in [-0.39, 0.29) is 5.91 Å². The van der Waals surface area contributed by atoms with E-state index in [1.54, 1.807) is 6.07 Å². The number of amides is 1. The van der Waals surface area contributed by atoms with Crippen LogP contribution < -0.4 is 11.1 Å². The molecule has 3 N–H and O–H groups in total. The first kappa shape index (κ1) is 12.5. The lowest BCUT2D eigenvalue weighted by Gasteiger charge is -2.06. The van der Waals surface area contributed by atoms with Gasteiger partial charge in [0.25, 0.3) is 5.91 Å². The first-order valence-corrected chi connectivity index (χ1v) is 5.36. The molecule has 0 saturated carbocycles. The Hall–Kier alpha value is -1.55. The van der Waals surface area contributed by atoms with Crippen LogP contribution in [0.1, 0.15) is 22.8 Å². The number of nitrogen functional groups attached to an aromatic ring is 1. The van der Waals surface area contributed by atoms with Crippen molar-refractivity contribution in [3.05, 3.63) is 29.3 Å². The number of carbonyl (C=O) groups excluding carboxylic acids is 1. The predicted molar refractivity (Wildman–Crippen MR) is 64.4 cm³/mol. The van der Waals surface area contributed by atoms with Crippen molar-refractivity contribution in [2.24, 2.45) is 0 Å². The summed E-state index contributed by atoms with van der Waals surface area (Å²) in [5.41, 5.74) is 7.85. The van der Waals surface area contributed by atoms with Gasteiger partial charge in [0.1, 0.15) is 0 Å². The Morgan fingerprint density at radius 2 is 2.19 bits per heavy atom. The van der Waals surface area contributed by atoms with Gasteiger partial charge in [-0.15, -0.1) is 0 Å². The molecule has 1 aromatic rings. The molecule has 0 bridgehead atoms. The molecule has 88 valence electrons. The Bertz CT molecular complexity index is 344. The maximum atomic E-state index is 11.7. The zero-order valence-corrected chi connectivity index (χ0v) is 9.75. The lowest BCUT2D eigenvalue weighted by Crippen LogP contribution is -2.27. The van der Waals surface area contributed by atoms with Crippen molar-refractivity contribution >= 4 is 11.6 Å². The number of rotatable bonds is 5. The summed E-state index contributed by atoms with van der Waals surface area (Å²) in [4.78, 5) is 11.7. The number of hydrogen-bond donors (Lipinski definition) is 2. The van der Waals surface area contributed by atoms with E-state index in [2.05, 4.69) is 5.32 Å². The molecule has 1 amide bonds. The van der Waals surface area contributed by atoms with Crippen LogP contribution in [0, 0.1) is 6.92 Å². The van der Waals surface area contributed by atoms with E-state index in [4.69, 9.17) is 10.5 Å². The minimum Gasteiger partial charge on any atom is -0.399 e. The van der Waals surface area contributed by atoms with Gasteiger partial charge in [0.15, 0.2) is 0 Å². The van der Waals surface area contributed by atoms with Gasteiger partial charge >= 0.3 is 0 Å². The van der Waals surface area contributed by atoms with Crippen LogP contribution in [0.3, 0.4) is 0 Å². The Balaban J connectivity index is 2.52. The zero-order chi connectivity index (χ0) is 12.0. The Labute approximate surface area is 95.8 Å². The molecule has 0 unspecified atom stereocenters. The van der Waals surface area contributed by atoms with Gasteiger partial charge < -0.3 is 15.8 Å². The number of carbonyl (C=O) groups is 1. The maximum Gasteiger partial charge on any atom is 0.251 e. The highest BCUT2D eigenvalue weighted by molar-refractivity contribution is 5.95. The fourth-order valence-electron chi connectivity index (χ4n) is 1.43. The van der Waals surface area contributed by atoms with Gasteiger partial charge in [-0.3, -0.25) is 4.79 Å². The second kappa shape index (κ2) is 6.12. The number of hydrogen-bond acceptors (Lipinski definition) is 3. The van der Waals surface area contributed by atoms with Crippen LogP contribution in [0.15, 0.2) is 18.2 Å². The monoisotopic (exact) mass is 222 g/mol. The number of benzene rings is 1. The quantitative estimate of drug-likeness (QED) is 0.583. The standard InChI is InChI=1S/C12H18N2O2/c1-3-16-5-4-14-12(15)10-6-9(2)7-11(13)8-10/h6-8H,3-5,13H2,1-2H3,(H,14,15). The molecule has 0 radical (unpaired) electrons. The van der Waals surface area contributed by atoms with E-state index in [9.17, 15) is 4.79 Å². The molecule has 16 heavy (non-hydrogen) atoms. The summed E-state index contributed by atoms with van der Waals surface area (Å²) >= 11 is 0. The maximum absolute atomic E-state index is 11.7. The van der Waals surface area contributed by atoms with Gasteiger partial charge in [-0.05, 0) is 37.6 Å². The number of nitrogens with one attached hydrogen (secondary N) is 1. The molecular formula is C12H18N2O2. The number of aryl methyl sites for hydroxylation is 1. The molecule has 0 aliphatic carbocycles. The van der Waals surface area contributed by atoms with Gasteiger partial charge in [-0.25, -0.2) is 0 Å². The summed E-state index contributed by atoms with van der Waals surface area (Å²) < 4.78 is 5.13. The van der Waals surface area contributed by atoms with E-state index >= 15 is 0 Å². The zero-order valence-electron chi connectivity index (χ0n) is 9.75. The van der Waals surface area contributed by atoms with E-state index in [0.717, 1.165) is 5.56 Å². The second-order valence-electron chi connectivity index (χ2n) is 3.59. The first-order chi connectivity index (χ1) is 7.63. The fourth-order valence-corrected chi connectivity index (χ4v) is 1.43. The summed E-state index contributed by atoms with van der Waals surface area (Å²) in [6, 6.07) is 5.31. The third kappa shape index (κ3) is 3.90. The molecule has 0 aromatic heterocycles. The lowest BCUT2D eigenvalue weighted by molar-refractivity contribution is 0.0922. The van der Waals surface area contributed by atoms with Crippen molar-refractivity contribution in [3.63, 3.8) is 0 Å². The summed E-state index contributed by atoms with van der Waals surface area (Å²) in [6.45, 7) is 5.54. The summed E-state index contributed by atoms with van der Waals surface area (Å²) in [6.07, 6.45) is 0. The van der Waals surface area contributed by atoms with Gasteiger partial charge in [0, 0.05) is 24.4 Å². The summed E-state index contributed by atoms with van der Waals surface area (Å²) in [5, 5.41) is 2.77. The molecule has 0 aliphatic rings. The smallest absolute Gasteiger partial charge is 0.251 e. The van der Waals surface area contributed by atoms with Crippen LogP contribution in [-0.4, -0.2) is 25.7 Å². The van der Waals surface area contributed by atoms with Crippen molar-refractivity contribution in [3.8, 4) is 0 Å². The SMILES string of the molecule is CCOCCNC(=O)c1cc(C)cc(N)c1. The summed E-state index contributed by atoms with van der Waals surface area (Å²) in [7, 11) is 0. The summed E-state index contributed by atoms with van der Waals surface area (Å²) in [5.74, 6) is -0.116. The van der Waals surface area contributed by atoms with Crippen molar-refractivity contribution < 1.29 is 9.53 Å². The van der Waals surface area contributed by atoms with Crippen molar-refractivity contribution in [2.75, 3.05) is 25.5 Å². The highest BCUT2D eigenvalue weighted by atomic mass is 16.5. The van der Waals surface area contributed by atoms with Crippen LogP contribution in [0.25, 0.3) is 0 Å². The number of anilines is 1. The van der Waals surface area contributed by atoms with Crippen LogP contribution in [-0.2, 0) is 4.74 Å². The number of nitrogens with two attached hydrogens (primary N) is 1. The Kier molecular flexibility index (Phi) is 4.79. The molecule has 4 nitrogen and oxygen atoms in total. The molecule has 0 spiro atoms. The Morgan fingerprint density at radius 1 is 1.44 bits per heavy atom. The highest BCUT2D eigenvalue weighted by Crippen LogP contribution is 2.10.